The van der Waals surface area contributed by atoms with Gasteiger partial charge in [0.2, 0.25) is 5.78 Å². The minimum atomic E-state index is -0.387. The summed E-state index contributed by atoms with van der Waals surface area (Å²) in [6.45, 7) is 1.60. The molecule has 0 atom stereocenters. The molecule has 0 saturated heterocycles. The summed E-state index contributed by atoms with van der Waals surface area (Å²) in [4.78, 5) is 12.1. The molecule has 21 heavy (non-hydrogen) atoms. The lowest BCUT2D eigenvalue weighted by molar-refractivity contribution is 0.0919. The molecular formula is C16H15ClO4. The van der Waals surface area contributed by atoms with E-state index in [2.05, 4.69) is 0 Å². The van der Waals surface area contributed by atoms with Crippen LogP contribution in [0.4, 0.5) is 0 Å². The minimum Gasteiger partial charge on any atom is -0.508 e. The van der Waals surface area contributed by atoms with Crippen LogP contribution in [0.15, 0.2) is 36.4 Å². The number of para-hydroxylation sites is 1. The van der Waals surface area contributed by atoms with Crippen LogP contribution in [0.25, 0.3) is 0 Å². The number of benzene rings is 2. The largest absolute Gasteiger partial charge is 0.508 e. The number of ketones is 1. The average molecular weight is 307 g/mol. The van der Waals surface area contributed by atoms with Crippen molar-refractivity contribution < 1.29 is 19.7 Å². The van der Waals surface area contributed by atoms with Gasteiger partial charge in [0.05, 0.1) is 10.6 Å². The number of phenols is 2. The van der Waals surface area contributed by atoms with Crippen LogP contribution in [0, 0.1) is 0 Å². The van der Waals surface area contributed by atoms with Crippen molar-refractivity contribution in [3.05, 3.63) is 52.5 Å². The molecule has 0 aliphatic rings. The molecule has 2 rings (SSSR count). The Bertz CT molecular complexity index is 667. The quantitative estimate of drug-likeness (QED) is 0.829. The molecule has 4 nitrogen and oxygen atoms in total. The first-order chi connectivity index (χ1) is 10.0. The molecule has 0 heterocycles. The molecule has 0 amide bonds. The van der Waals surface area contributed by atoms with Crippen molar-refractivity contribution in [2.45, 2.75) is 13.3 Å². The molecule has 0 fully saturated rings. The summed E-state index contributed by atoms with van der Waals surface area (Å²) >= 11 is 5.93. The smallest absolute Gasteiger partial charge is 0.203 e. The molecule has 0 aliphatic heterocycles. The van der Waals surface area contributed by atoms with Crippen molar-refractivity contribution in [2.75, 3.05) is 6.61 Å². The van der Waals surface area contributed by atoms with E-state index in [9.17, 15) is 15.0 Å². The van der Waals surface area contributed by atoms with Gasteiger partial charge >= 0.3 is 0 Å². The Morgan fingerprint density at radius 2 is 1.90 bits per heavy atom. The fraction of sp³-hybridized carbons (Fsp3) is 0.188. The van der Waals surface area contributed by atoms with E-state index in [1.807, 2.05) is 6.92 Å². The third-order valence-electron chi connectivity index (χ3n) is 3.07. The Morgan fingerprint density at radius 1 is 1.19 bits per heavy atom. The molecule has 5 heteroatoms. The molecule has 0 aliphatic carbocycles. The lowest BCUT2D eigenvalue weighted by Crippen LogP contribution is -2.12. The summed E-state index contributed by atoms with van der Waals surface area (Å²) in [5.41, 5.74) is 0.714. The standard InChI is InChI=1S/C16H15ClO4/c1-2-10-7-11(14(19)8-13(10)18)15(20)9-21-16-6-4-3-5-12(16)17/h3-8,18-19H,2,9H2,1H3. The summed E-state index contributed by atoms with van der Waals surface area (Å²) in [7, 11) is 0. The maximum absolute atomic E-state index is 12.1. The van der Waals surface area contributed by atoms with Gasteiger partial charge in [0.15, 0.2) is 6.61 Å². The summed E-state index contributed by atoms with van der Waals surface area (Å²) < 4.78 is 5.36. The molecule has 0 unspecified atom stereocenters. The highest BCUT2D eigenvalue weighted by Gasteiger charge is 2.15. The van der Waals surface area contributed by atoms with Crippen LogP contribution in [-0.4, -0.2) is 22.6 Å². The van der Waals surface area contributed by atoms with Crippen LogP contribution < -0.4 is 4.74 Å². The molecule has 2 aromatic rings. The number of rotatable bonds is 5. The monoisotopic (exact) mass is 306 g/mol. The Balaban J connectivity index is 2.16. The average Bonchev–Trinajstić information content (AvgIpc) is 2.46. The number of hydrogen-bond acceptors (Lipinski definition) is 4. The molecule has 0 bridgehead atoms. The highest BCUT2D eigenvalue weighted by molar-refractivity contribution is 6.32. The number of Topliss-reactive ketones (excluding diaryl/α,β-unsaturated/α-hetero) is 1. The molecule has 0 radical (unpaired) electrons. The Labute approximate surface area is 127 Å². The second-order valence-corrected chi connectivity index (χ2v) is 4.90. The van der Waals surface area contributed by atoms with Crippen molar-refractivity contribution in [1.82, 2.24) is 0 Å². The first-order valence-electron chi connectivity index (χ1n) is 6.48. The predicted molar refractivity (Wildman–Crippen MR) is 80.4 cm³/mol. The van der Waals surface area contributed by atoms with Crippen LogP contribution in [0.5, 0.6) is 17.2 Å². The van der Waals surface area contributed by atoms with Gasteiger partial charge < -0.3 is 14.9 Å². The van der Waals surface area contributed by atoms with Crippen molar-refractivity contribution in [3.63, 3.8) is 0 Å². The first-order valence-corrected chi connectivity index (χ1v) is 6.86. The van der Waals surface area contributed by atoms with Gasteiger partial charge in [-0.25, -0.2) is 0 Å². The fourth-order valence-electron chi connectivity index (χ4n) is 1.91. The zero-order chi connectivity index (χ0) is 15.4. The van der Waals surface area contributed by atoms with E-state index in [0.29, 0.717) is 22.8 Å². The van der Waals surface area contributed by atoms with Crippen LogP contribution in [0.3, 0.4) is 0 Å². The topological polar surface area (TPSA) is 66.8 Å². The van der Waals surface area contributed by atoms with E-state index in [4.69, 9.17) is 16.3 Å². The number of carbonyl (C=O) groups excluding carboxylic acids is 1. The van der Waals surface area contributed by atoms with Crippen LogP contribution in [-0.2, 0) is 6.42 Å². The summed E-state index contributed by atoms with van der Waals surface area (Å²) in [5.74, 6) is -0.278. The summed E-state index contributed by atoms with van der Waals surface area (Å²) in [6, 6.07) is 9.47. The van der Waals surface area contributed by atoms with Crippen molar-refractivity contribution in [2.24, 2.45) is 0 Å². The van der Waals surface area contributed by atoms with Gasteiger partial charge in [-0.15, -0.1) is 0 Å². The van der Waals surface area contributed by atoms with E-state index in [0.717, 1.165) is 0 Å². The maximum Gasteiger partial charge on any atom is 0.203 e. The highest BCUT2D eigenvalue weighted by atomic mass is 35.5. The molecule has 2 N–H and O–H groups in total. The van der Waals surface area contributed by atoms with E-state index in [1.54, 1.807) is 24.3 Å². The molecule has 0 spiro atoms. The summed E-state index contributed by atoms with van der Waals surface area (Å²) in [6.07, 6.45) is 0.553. The molecule has 0 saturated carbocycles. The predicted octanol–water partition coefficient (Wildman–Crippen LogP) is 3.58. The Hall–Kier alpha value is -2.20. The van der Waals surface area contributed by atoms with Gasteiger partial charge in [-0.05, 0) is 30.2 Å². The van der Waals surface area contributed by atoms with Gasteiger partial charge in [0.1, 0.15) is 17.2 Å². The number of ether oxygens (including phenoxy) is 1. The van der Waals surface area contributed by atoms with Crippen LogP contribution in [0.1, 0.15) is 22.8 Å². The van der Waals surface area contributed by atoms with E-state index in [-0.39, 0.29) is 29.5 Å². The lowest BCUT2D eigenvalue weighted by Gasteiger charge is -2.10. The second-order valence-electron chi connectivity index (χ2n) is 4.49. The summed E-state index contributed by atoms with van der Waals surface area (Å²) in [5, 5.41) is 19.8. The first kappa shape index (κ1) is 15.2. The molecule has 0 aromatic heterocycles. The highest BCUT2D eigenvalue weighted by Crippen LogP contribution is 2.29. The second kappa shape index (κ2) is 6.50. The van der Waals surface area contributed by atoms with Gasteiger partial charge in [0, 0.05) is 6.07 Å². The van der Waals surface area contributed by atoms with E-state index >= 15 is 0 Å². The van der Waals surface area contributed by atoms with Gasteiger partial charge in [-0.3, -0.25) is 4.79 Å². The van der Waals surface area contributed by atoms with Gasteiger partial charge in [0.25, 0.3) is 0 Å². The molecule has 2 aromatic carbocycles. The number of phenolic OH excluding ortho intramolecular Hbond substituents is 2. The molecule has 110 valence electrons. The number of carbonyl (C=O) groups is 1. The number of aryl methyl sites for hydroxylation is 1. The van der Waals surface area contributed by atoms with Crippen molar-refractivity contribution >= 4 is 17.4 Å². The van der Waals surface area contributed by atoms with Crippen LogP contribution in [0.2, 0.25) is 5.02 Å². The van der Waals surface area contributed by atoms with Gasteiger partial charge in [-0.1, -0.05) is 30.7 Å². The normalized spacial score (nSPS) is 10.4. The van der Waals surface area contributed by atoms with Crippen molar-refractivity contribution in [3.8, 4) is 17.2 Å². The minimum absolute atomic E-state index is 0.0291. The zero-order valence-corrected chi connectivity index (χ0v) is 12.2. The van der Waals surface area contributed by atoms with E-state index < -0.39 is 0 Å². The fourth-order valence-corrected chi connectivity index (χ4v) is 2.10. The Kier molecular flexibility index (Phi) is 4.70. The number of halogens is 1. The number of hydrogen-bond donors (Lipinski definition) is 2. The molecular weight excluding hydrogens is 292 g/mol. The van der Waals surface area contributed by atoms with E-state index in [1.165, 1.54) is 12.1 Å². The lowest BCUT2D eigenvalue weighted by atomic mass is 10.0. The van der Waals surface area contributed by atoms with Crippen molar-refractivity contribution in [1.29, 1.82) is 0 Å². The third-order valence-corrected chi connectivity index (χ3v) is 3.39. The maximum atomic E-state index is 12.1. The Morgan fingerprint density at radius 3 is 2.57 bits per heavy atom. The zero-order valence-electron chi connectivity index (χ0n) is 11.5. The van der Waals surface area contributed by atoms with Crippen LogP contribution >= 0.6 is 11.6 Å². The SMILES string of the molecule is CCc1cc(C(=O)COc2ccccc2Cl)c(O)cc1O. The number of aromatic hydroxyl groups is 2. The van der Waals surface area contributed by atoms with Gasteiger partial charge in [-0.2, -0.15) is 0 Å². The third kappa shape index (κ3) is 3.47.